The summed E-state index contributed by atoms with van der Waals surface area (Å²) in [5, 5.41) is 3.81. The van der Waals surface area contributed by atoms with Crippen molar-refractivity contribution in [2.75, 3.05) is 0 Å². The van der Waals surface area contributed by atoms with E-state index in [0.717, 1.165) is 5.56 Å². The fourth-order valence-corrected chi connectivity index (χ4v) is 1.68. The Morgan fingerprint density at radius 3 is 2.62 bits per heavy atom. The second-order valence-electron chi connectivity index (χ2n) is 3.98. The van der Waals surface area contributed by atoms with Gasteiger partial charge in [-0.05, 0) is 48.0 Å². The monoisotopic (exact) mass is 307 g/mol. The first-order valence-corrected chi connectivity index (χ1v) is 6.24. The van der Waals surface area contributed by atoms with Crippen LogP contribution in [-0.4, -0.2) is 12.2 Å². The van der Waals surface area contributed by atoms with Gasteiger partial charge in [0.2, 0.25) is 0 Å². The number of hydrogen-bond acceptors (Lipinski definition) is 3. The van der Waals surface area contributed by atoms with Gasteiger partial charge in [0.15, 0.2) is 0 Å². The van der Waals surface area contributed by atoms with Gasteiger partial charge >= 0.3 is 6.03 Å². The zero-order valence-electron chi connectivity index (χ0n) is 10.7. The van der Waals surface area contributed by atoms with E-state index in [1.165, 1.54) is 24.4 Å². The van der Waals surface area contributed by atoms with E-state index in [1.807, 2.05) is 0 Å². The highest BCUT2D eigenvalue weighted by atomic mass is 35.5. The van der Waals surface area contributed by atoms with Gasteiger partial charge in [0, 0.05) is 0 Å². The molecular formula is C14H11ClFN3O2. The third-order valence-corrected chi connectivity index (χ3v) is 2.69. The minimum absolute atomic E-state index is 0.186. The number of benzene rings is 2. The van der Waals surface area contributed by atoms with Crippen molar-refractivity contribution in [3.05, 3.63) is 58.9 Å². The Bertz CT molecular complexity index is 674. The molecule has 108 valence electrons. The predicted molar refractivity (Wildman–Crippen MR) is 78.2 cm³/mol. The molecule has 0 atom stereocenters. The molecule has 0 aliphatic rings. The summed E-state index contributed by atoms with van der Waals surface area (Å²) in [6, 6.07) is 9.96. The highest BCUT2D eigenvalue weighted by Crippen LogP contribution is 2.29. The van der Waals surface area contributed by atoms with Crippen LogP contribution in [0.15, 0.2) is 47.6 Å². The van der Waals surface area contributed by atoms with Crippen molar-refractivity contribution < 1.29 is 13.9 Å². The maximum atomic E-state index is 12.9. The second kappa shape index (κ2) is 6.71. The van der Waals surface area contributed by atoms with Crippen molar-refractivity contribution in [2.45, 2.75) is 0 Å². The van der Waals surface area contributed by atoms with E-state index < -0.39 is 11.8 Å². The lowest BCUT2D eigenvalue weighted by Gasteiger charge is -2.07. The Morgan fingerprint density at radius 2 is 2.00 bits per heavy atom. The largest absolute Gasteiger partial charge is 0.456 e. The van der Waals surface area contributed by atoms with Crippen LogP contribution < -0.4 is 15.9 Å². The molecular weight excluding hydrogens is 297 g/mol. The molecule has 2 aromatic carbocycles. The van der Waals surface area contributed by atoms with Crippen molar-refractivity contribution in [1.82, 2.24) is 5.43 Å². The van der Waals surface area contributed by atoms with Gasteiger partial charge < -0.3 is 10.5 Å². The van der Waals surface area contributed by atoms with Crippen molar-refractivity contribution in [1.29, 1.82) is 0 Å². The van der Waals surface area contributed by atoms with Crippen LogP contribution in [0.25, 0.3) is 0 Å². The predicted octanol–water partition coefficient (Wildman–Crippen LogP) is 3.27. The van der Waals surface area contributed by atoms with Crippen LogP contribution in [0.5, 0.6) is 11.5 Å². The molecule has 2 aromatic rings. The molecule has 0 spiro atoms. The Morgan fingerprint density at radius 1 is 1.29 bits per heavy atom. The summed E-state index contributed by atoms with van der Waals surface area (Å²) < 4.78 is 18.4. The number of nitrogens with zero attached hydrogens (tertiary/aromatic N) is 1. The number of halogens is 2. The number of hydrazone groups is 1. The Labute approximate surface area is 125 Å². The fraction of sp³-hybridized carbons (Fsp3) is 0. The minimum atomic E-state index is -0.739. The van der Waals surface area contributed by atoms with Gasteiger partial charge in [0.25, 0.3) is 0 Å². The van der Waals surface area contributed by atoms with Crippen molar-refractivity contribution in [3.63, 3.8) is 0 Å². The molecule has 0 radical (unpaired) electrons. The molecule has 7 heteroatoms. The van der Waals surface area contributed by atoms with Gasteiger partial charge in [-0.25, -0.2) is 14.6 Å². The van der Waals surface area contributed by atoms with Gasteiger partial charge in [0.1, 0.15) is 17.3 Å². The molecule has 0 aliphatic heterocycles. The molecule has 0 aromatic heterocycles. The average molecular weight is 308 g/mol. The first-order chi connectivity index (χ1) is 10.0. The van der Waals surface area contributed by atoms with Crippen molar-refractivity contribution in [2.24, 2.45) is 10.8 Å². The first-order valence-electron chi connectivity index (χ1n) is 5.86. The summed E-state index contributed by atoms with van der Waals surface area (Å²) in [7, 11) is 0. The second-order valence-corrected chi connectivity index (χ2v) is 4.39. The molecule has 21 heavy (non-hydrogen) atoms. The maximum absolute atomic E-state index is 12.9. The summed E-state index contributed by atoms with van der Waals surface area (Å²) >= 11 is 5.87. The number of nitrogens with two attached hydrogens (primary N) is 1. The average Bonchev–Trinajstić information content (AvgIpc) is 2.43. The molecule has 0 aliphatic carbocycles. The summed E-state index contributed by atoms with van der Waals surface area (Å²) in [6.45, 7) is 0. The molecule has 2 rings (SSSR count). The normalized spacial score (nSPS) is 10.6. The van der Waals surface area contributed by atoms with Crippen LogP contribution in [0.1, 0.15) is 5.56 Å². The van der Waals surface area contributed by atoms with E-state index in [9.17, 15) is 9.18 Å². The van der Waals surface area contributed by atoms with E-state index >= 15 is 0 Å². The summed E-state index contributed by atoms with van der Waals surface area (Å²) in [5.41, 5.74) is 7.69. The number of rotatable bonds is 4. The third kappa shape index (κ3) is 4.47. The van der Waals surface area contributed by atoms with Crippen LogP contribution >= 0.6 is 11.6 Å². The number of carbonyl (C=O) groups excluding carboxylic acids is 1. The molecule has 3 N–H and O–H groups in total. The Balaban J connectivity index is 2.05. The quantitative estimate of drug-likeness (QED) is 0.672. The number of primary amides is 1. The van der Waals surface area contributed by atoms with Crippen LogP contribution in [0, 0.1) is 5.82 Å². The summed E-state index contributed by atoms with van der Waals surface area (Å²) in [4.78, 5) is 10.4. The first kappa shape index (κ1) is 14.8. The van der Waals surface area contributed by atoms with Crippen LogP contribution in [0.3, 0.4) is 0 Å². The Hall–Kier alpha value is -2.60. The minimum Gasteiger partial charge on any atom is -0.456 e. The lowest BCUT2D eigenvalue weighted by atomic mass is 10.2. The molecule has 0 heterocycles. The number of carbonyl (C=O) groups is 1. The number of ether oxygens (including phenoxy) is 1. The van der Waals surface area contributed by atoms with Crippen LogP contribution in [0.2, 0.25) is 5.02 Å². The van der Waals surface area contributed by atoms with Gasteiger partial charge in [-0.2, -0.15) is 5.10 Å². The molecule has 0 fully saturated rings. The standard InChI is InChI=1S/C14H11ClFN3O2/c15-12-7-10(16)3-6-13(12)21-11-4-1-9(2-5-11)8-18-19-14(17)20/h1-8H,(H3,17,19,20). The van der Waals surface area contributed by atoms with E-state index in [0.29, 0.717) is 11.5 Å². The highest BCUT2D eigenvalue weighted by Gasteiger charge is 2.04. The third-order valence-electron chi connectivity index (χ3n) is 2.39. The fourth-order valence-electron chi connectivity index (χ4n) is 1.48. The lowest BCUT2D eigenvalue weighted by molar-refractivity contribution is 0.249. The van der Waals surface area contributed by atoms with Gasteiger partial charge in [-0.15, -0.1) is 0 Å². The molecule has 0 saturated heterocycles. The Kier molecular flexibility index (Phi) is 4.73. The zero-order valence-corrected chi connectivity index (χ0v) is 11.5. The van der Waals surface area contributed by atoms with Crippen LogP contribution in [0.4, 0.5) is 9.18 Å². The van der Waals surface area contributed by atoms with Crippen molar-refractivity contribution >= 4 is 23.8 Å². The maximum Gasteiger partial charge on any atom is 0.332 e. The molecule has 2 amide bonds. The topological polar surface area (TPSA) is 76.7 Å². The number of nitrogens with one attached hydrogen (secondary N) is 1. The van der Waals surface area contributed by atoms with Gasteiger partial charge in [0.05, 0.1) is 11.2 Å². The number of urea groups is 1. The molecule has 0 saturated carbocycles. The highest BCUT2D eigenvalue weighted by molar-refractivity contribution is 6.32. The SMILES string of the molecule is NC(=O)NN=Cc1ccc(Oc2ccc(F)cc2Cl)cc1. The van der Waals surface area contributed by atoms with E-state index in [4.69, 9.17) is 22.1 Å². The van der Waals surface area contributed by atoms with Crippen molar-refractivity contribution in [3.8, 4) is 11.5 Å². The van der Waals surface area contributed by atoms with Gasteiger partial charge in [-0.3, -0.25) is 0 Å². The molecule has 0 bridgehead atoms. The number of amides is 2. The van der Waals surface area contributed by atoms with Crippen LogP contribution in [-0.2, 0) is 0 Å². The lowest BCUT2D eigenvalue weighted by Crippen LogP contribution is -2.24. The smallest absolute Gasteiger partial charge is 0.332 e. The van der Waals surface area contributed by atoms with Gasteiger partial charge in [-0.1, -0.05) is 11.6 Å². The van der Waals surface area contributed by atoms with E-state index in [1.54, 1.807) is 24.3 Å². The zero-order chi connectivity index (χ0) is 15.2. The van der Waals surface area contributed by atoms with E-state index in [2.05, 4.69) is 10.5 Å². The summed E-state index contributed by atoms with van der Waals surface area (Å²) in [5.74, 6) is 0.458. The number of hydrogen-bond donors (Lipinski definition) is 2. The van der Waals surface area contributed by atoms with E-state index in [-0.39, 0.29) is 5.02 Å². The molecule has 0 unspecified atom stereocenters. The summed E-state index contributed by atoms with van der Waals surface area (Å²) in [6.07, 6.45) is 1.43. The molecule has 5 nitrogen and oxygen atoms in total.